The Kier molecular flexibility index (Phi) is 5.97. The molecule has 0 saturated heterocycles. The predicted octanol–water partition coefficient (Wildman–Crippen LogP) is 7.74. The van der Waals surface area contributed by atoms with Crippen LogP contribution in [0, 0.1) is 6.92 Å². The van der Waals surface area contributed by atoms with Gasteiger partial charge in [-0.1, -0.05) is 23.8 Å². The Morgan fingerprint density at radius 1 is 1.03 bits per heavy atom. The summed E-state index contributed by atoms with van der Waals surface area (Å²) in [6.07, 6.45) is 0.537. The van der Waals surface area contributed by atoms with E-state index in [2.05, 4.69) is 50.9 Å². The van der Waals surface area contributed by atoms with Gasteiger partial charge in [0.1, 0.15) is 17.1 Å². The Labute approximate surface area is 190 Å². The van der Waals surface area contributed by atoms with Crippen LogP contribution in [0.5, 0.6) is 11.5 Å². The zero-order valence-corrected chi connectivity index (χ0v) is 19.3. The Balaban J connectivity index is 1.60. The van der Waals surface area contributed by atoms with Crippen LogP contribution in [0.3, 0.4) is 0 Å². The van der Waals surface area contributed by atoms with Gasteiger partial charge in [-0.3, -0.25) is 4.79 Å². The molecule has 1 aromatic heterocycles. The quantitative estimate of drug-likeness (QED) is 0.277. The van der Waals surface area contributed by atoms with Crippen molar-refractivity contribution >= 4 is 48.8 Å². The molecule has 4 rings (SSSR count). The number of furan rings is 1. The van der Waals surface area contributed by atoms with Gasteiger partial charge in [-0.05, 0) is 93.2 Å². The van der Waals surface area contributed by atoms with E-state index in [0.29, 0.717) is 17.9 Å². The van der Waals surface area contributed by atoms with Crippen molar-refractivity contribution in [3.05, 3.63) is 80.7 Å². The van der Waals surface area contributed by atoms with Crippen LogP contribution in [0.2, 0.25) is 0 Å². The molecule has 0 bridgehead atoms. The first-order chi connectivity index (χ1) is 14.4. The lowest BCUT2D eigenvalue weighted by atomic mass is 10.1. The number of aryl methyl sites for hydroxylation is 2. The van der Waals surface area contributed by atoms with Crippen molar-refractivity contribution in [2.45, 2.75) is 19.8 Å². The van der Waals surface area contributed by atoms with E-state index < -0.39 is 5.97 Å². The third-order valence-electron chi connectivity index (χ3n) is 4.70. The van der Waals surface area contributed by atoms with Crippen molar-refractivity contribution in [3.63, 3.8) is 0 Å². The van der Waals surface area contributed by atoms with Crippen molar-refractivity contribution in [2.75, 3.05) is 0 Å². The van der Waals surface area contributed by atoms with Crippen LogP contribution in [0.25, 0.3) is 22.3 Å². The highest BCUT2D eigenvalue weighted by molar-refractivity contribution is 9.11. The van der Waals surface area contributed by atoms with Crippen molar-refractivity contribution in [1.29, 1.82) is 0 Å². The van der Waals surface area contributed by atoms with E-state index in [9.17, 15) is 4.79 Å². The van der Waals surface area contributed by atoms with Crippen molar-refractivity contribution in [1.82, 2.24) is 0 Å². The van der Waals surface area contributed by atoms with Gasteiger partial charge in [0.05, 0.1) is 8.95 Å². The zero-order chi connectivity index (χ0) is 21.3. The highest BCUT2D eigenvalue weighted by Crippen LogP contribution is 2.39. The van der Waals surface area contributed by atoms with Crippen molar-refractivity contribution in [3.8, 4) is 22.8 Å². The molecule has 0 aliphatic rings. The molecule has 0 radical (unpaired) electrons. The molecule has 0 aliphatic heterocycles. The third kappa shape index (κ3) is 4.60. The van der Waals surface area contributed by atoms with E-state index in [1.165, 1.54) is 5.56 Å². The van der Waals surface area contributed by atoms with Gasteiger partial charge < -0.3 is 14.3 Å². The number of carbonyl (C=O) groups is 1. The summed E-state index contributed by atoms with van der Waals surface area (Å²) in [6, 6.07) is 19.7. The van der Waals surface area contributed by atoms with Gasteiger partial charge in [0.2, 0.25) is 0 Å². The lowest BCUT2D eigenvalue weighted by Crippen LogP contribution is -1.98. The van der Waals surface area contributed by atoms with E-state index in [1.54, 1.807) is 0 Å². The highest BCUT2D eigenvalue weighted by atomic mass is 79.9. The average Bonchev–Trinajstić information content (AvgIpc) is 3.12. The number of carboxylic acids is 1. The molecule has 1 heterocycles. The minimum Gasteiger partial charge on any atom is -0.481 e. The fraction of sp³-hybridized carbons (Fsp3) is 0.125. The summed E-state index contributed by atoms with van der Waals surface area (Å²) in [4.78, 5) is 10.8. The minimum absolute atomic E-state index is 0.0829. The molecule has 0 unspecified atom stereocenters. The number of aliphatic carboxylic acids is 1. The van der Waals surface area contributed by atoms with E-state index in [0.717, 1.165) is 36.8 Å². The summed E-state index contributed by atoms with van der Waals surface area (Å²) in [5.41, 5.74) is 3.92. The van der Waals surface area contributed by atoms with Gasteiger partial charge >= 0.3 is 5.97 Å². The summed E-state index contributed by atoms with van der Waals surface area (Å²) in [5.74, 6) is 1.31. The number of fused-ring (bicyclic) bond motifs is 1. The summed E-state index contributed by atoms with van der Waals surface area (Å²) in [6.45, 7) is 2.06. The monoisotopic (exact) mass is 528 g/mol. The number of hydrogen-bond donors (Lipinski definition) is 1. The minimum atomic E-state index is -0.819. The average molecular weight is 530 g/mol. The van der Waals surface area contributed by atoms with E-state index in [-0.39, 0.29) is 6.42 Å². The number of carboxylic acid groups (broad SMARTS) is 1. The molecule has 30 heavy (non-hydrogen) atoms. The predicted molar refractivity (Wildman–Crippen MR) is 124 cm³/mol. The standard InChI is InChI=1S/C24H18Br2O4/c1-14-3-2-4-16(9-14)22-13-17-12-18(6-7-21(17)30-22)29-24-19(25)10-15(11-20(24)26)5-8-23(27)28/h2-4,6-7,9-13H,5,8H2,1H3,(H,27,28). The molecule has 0 aliphatic carbocycles. The van der Waals surface area contributed by atoms with Crippen molar-refractivity contribution in [2.24, 2.45) is 0 Å². The van der Waals surface area contributed by atoms with E-state index in [1.807, 2.05) is 48.5 Å². The second-order valence-corrected chi connectivity index (χ2v) is 8.77. The van der Waals surface area contributed by atoms with Crippen LogP contribution >= 0.6 is 31.9 Å². The second-order valence-electron chi connectivity index (χ2n) is 7.06. The summed E-state index contributed by atoms with van der Waals surface area (Å²) in [5, 5.41) is 9.83. The maximum atomic E-state index is 10.8. The van der Waals surface area contributed by atoms with E-state index in [4.69, 9.17) is 14.3 Å². The lowest BCUT2D eigenvalue weighted by Gasteiger charge is -2.12. The largest absolute Gasteiger partial charge is 0.481 e. The molecule has 0 atom stereocenters. The van der Waals surface area contributed by atoms with Gasteiger partial charge in [0.25, 0.3) is 0 Å². The number of benzene rings is 3. The first kappa shape index (κ1) is 20.7. The van der Waals surface area contributed by atoms with Crippen molar-refractivity contribution < 1.29 is 19.1 Å². The molecular weight excluding hydrogens is 512 g/mol. The summed E-state index contributed by atoms with van der Waals surface area (Å²) < 4.78 is 13.6. The second kappa shape index (κ2) is 8.66. The smallest absolute Gasteiger partial charge is 0.303 e. The maximum Gasteiger partial charge on any atom is 0.303 e. The van der Waals surface area contributed by atoms with Gasteiger partial charge in [-0.25, -0.2) is 0 Å². The van der Waals surface area contributed by atoms with Crippen LogP contribution in [-0.2, 0) is 11.2 Å². The molecule has 4 aromatic rings. The lowest BCUT2D eigenvalue weighted by molar-refractivity contribution is -0.136. The third-order valence-corrected chi connectivity index (χ3v) is 5.87. The highest BCUT2D eigenvalue weighted by Gasteiger charge is 2.13. The van der Waals surface area contributed by atoms with Crippen LogP contribution in [-0.4, -0.2) is 11.1 Å². The number of rotatable bonds is 6. The molecule has 3 aromatic carbocycles. The molecule has 0 fully saturated rings. The van der Waals surface area contributed by atoms with Gasteiger partial charge in [0, 0.05) is 17.4 Å². The Morgan fingerprint density at radius 3 is 2.50 bits per heavy atom. The SMILES string of the molecule is Cc1cccc(-c2cc3cc(Oc4c(Br)cc(CCC(=O)O)cc4Br)ccc3o2)c1. The first-order valence-electron chi connectivity index (χ1n) is 9.37. The zero-order valence-electron chi connectivity index (χ0n) is 16.1. The normalized spacial score (nSPS) is 11.0. The molecule has 4 nitrogen and oxygen atoms in total. The molecule has 0 saturated carbocycles. The van der Waals surface area contributed by atoms with Crippen LogP contribution in [0.4, 0.5) is 0 Å². The molecule has 6 heteroatoms. The molecular formula is C24H18Br2O4. The Bertz CT molecular complexity index is 1220. The molecule has 0 spiro atoms. The Hall–Kier alpha value is -2.57. The molecule has 0 amide bonds. The van der Waals surface area contributed by atoms with Gasteiger partial charge in [-0.2, -0.15) is 0 Å². The summed E-state index contributed by atoms with van der Waals surface area (Å²) in [7, 11) is 0. The summed E-state index contributed by atoms with van der Waals surface area (Å²) >= 11 is 7.07. The van der Waals surface area contributed by atoms with Gasteiger partial charge in [-0.15, -0.1) is 0 Å². The number of ether oxygens (including phenoxy) is 1. The number of halogens is 2. The van der Waals surface area contributed by atoms with E-state index >= 15 is 0 Å². The van der Waals surface area contributed by atoms with Crippen LogP contribution in [0.1, 0.15) is 17.5 Å². The fourth-order valence-corrected chi connectivity index (χ4v) is 4.69. The maximum absolute atomic E-state index is 10.8. The van der Waals surface area contributed by atoms with Crippen LogP contribution < -0.4 is 4.74 Å². The van der Waals surface area contributed by atoms with Crippen LogP contribution in [0.15, 0.2) is 74.0 Å². The fourth-order valence-electron chi connectivity index (χ4n) is 3.25. The van der Waals surface area contributed by atoms with Gasteiger partial charge in [0.15, 0.2) is 5.75 Å². The topological polar surface area (TPSA) is 59.7 Å². The Morgan fingerprint density at radius 2 is 1.80 bits per heavy atom. The molecule has 1 N–H and O–H groups in total. The number of hydrogen-bond acceptors (Lipinski definition) is 3. The first-order valence-corrected chi connectivity index (χ1v) is 11.0. The molecule has 152 valence electrons.